The zero-order chi connectivity index (χ0) is 15.5. The minimum absolute atomic E-state index is 0.210. The van der Waals surface area contributed by atoms with Gasteiger partial charge in [0.2, 0.25) is 5.88 Å². The van der Waals surface area contributed by atoms with Crippen molar-refractivity contribution in [1.82, 2.24) is 15.3 Å². The van der Waals surface area contributed by atoms with E-state index in [4.69, 9.17) is 4.74 Å². The third kappa shape index (κ3) is 3.45. The summed E-state index contributed by atoms with van der Waals surface area (Å²) in [5.41, 5.74) is 2.87. The van der Waals surface area contributed by atoms with Gasteiger partial charge in [0, 0.05) is 18.7 Å². The monoisotopic (exact) mass is 310 g/mol. The summed E-state index contributed by atoms with van der Waals surface area (Å²) in [7, 11) is 0. The quantitative estimate of drug-likeness (QED) is 0.906. The van der Waals surface area contributed by atoms with Gasteiger partial charge in [0.25, 0.3) is 0 Å². The number of nitrogens with one attached hydrogen (secondary N) is 2. The SMILES string of the molecule is c1ccc2c(c1)CC(Nc1cc(OC3CCCNC3)ncn1)C2. The Morgan fingerprint density at radius 1 is 1.13 bits per heavy atom. The van der Waals surface area contributed by atoms with E-state index >= 15 is 0 Å². The van der Waals surface area contributed by atoms with E-state index in [9.17, 15) is 0 Å². The molecule has 1 aromatic heterocycles. The van der Waals surface area contributed by atoms with Crippen LogP contribution in [0.2, 0.25) is 0 Å². The van der Waals surface area contributed by atoms with E-state index in [0.717, 1.165) is 44.6 Å². The zero-order valence-corrected chi connectivity index (χ0v) is 13.2. The Balaban J connectivity index is 1.39. The number of fused-ring (bicyclic) bond motifs is 1. The van der Waals surface area contributed by atoms with Crippen LogP contribution in [-0.2, 0) is 12.8 Å². The van der Waals surface area contributed by atoms with Crippen molar-refractivity contribution in [3.63, 3.8) is 0 Å². The van der Waals surface area contributed by atoms with E-state index < -0.39 is 0 Å². The average molecular weight is 310 g/mol. The van der Waals surface area contributed by atoms with Gasteiger partial charge in [-0.2, -0.15) is 0 Å². The lowest BCUT2D eigenvalue weighted by atomic mass is 10.1. The molecule has 2 aliphatic rings. The minimum atomic E-state index is 0.210. The molecule has 1 aliphatic carbocycles. The highest BCUT2D eigenvalue weighted by atomic mass is 16.5. The second-order valence-electron chi connectivity index (χ2n) is 6.35. The van der Waals surface area contributed by atoms with Gasteiger partial charge in [0.05, 0.1) is 0 Å². The van der Waals surface area contributed by atoms with Crippen LogP contribution in [0.5, 0.6) is 5.88 Å². The molecule has 2 aromatic rings. The fourth-order valence-corrected chi connectivity index (χ4v) is 3.44. The van der Waals surface area contributed by atoms with Crippen LogP contribution in [0.3, 0.4) is 0 Å². The molecule has 5 nitrogen and oxygen atoms in total. The first-order chi connectivity index (χ1) is 11.4. The molecule has 0 spiro atoms. The summed E-state index contributed by atoms with van der Waals surface area (Å²) in [5, 5.41) is 6.87. The minimum Gasteiger partial charge on any atom is -0.473 e. The smallest absolute Gasteiger partial charge is 0.218 e. The van der Waals surface area contributed by atoms with E-state index in [1.54, 1.807) is 6.33 Å². The van der Waals surface area contributed by atoms with E-state index in [1.165, 1.54) is 11.1 Å². The molecule has 1 unspecified atom stereocenters. The predicted molar refractivity (Wildman–Crippen MR) is 89.8 cm³/mol. The van der Waals surface area contributed by atoms with Crippen molar-refractivity contribution < 1.29 is 4.74 Å². The molecule has 1 aromatic carbocycles. The fraction of sp³-hybridized carbons (Fsp3) is 0.444. The molecule has 4 rings (SSSR count). The van der Waals surface area contributed by atoms with E-state index in [1.807, 2.05) is 6.07 Å². The summed E-state index contributed by atoms with van der Waals surface area (Å²) < 4.78 is 5.97. The van der Waals surface area contributed by atoms with Crippen molar-refractivity contribution in [3.8, 4) is 5.88 Å². The predicted octanol–water partition coefficient (Wildman–Crippen LogP) is 2.19. The van der Waals surface area contributed by atoms with E-state index in [2.05, 4.69) is 44.9 Å². The summed E-state index contributed by atoms with van der Waals surface area (Å²) in [6.07, 6.45) is 6.11. The topological polar surface area (TPSA) is 59.1 Å². The average Bonchev–Trinajstić information content (AvgIpc) is 2.98. The molecule has 2 N–H and O–H groups in total. The molecule has 0 bridgehead atoms. The number of ether oxygens (including phenoxy) is 1. The van der Waals surface area contributed by atoms with E-state index in [0.29, 0.717) is 11.9 Å². The van der Waals surface area contributed by atoms with Crippen LogP contribution in [0.25, 0.3) is 0 Å². The molecule has 2 heterocycles. The maximum atomic E-state index is 5.97. The molecule has 0 saturated carbocycles. The molecule has 0 amide bonds. The summed E-state index contributed by atoms with van der Waals surface area (Å²) in [6.45, 7) is 1.98. The van der Waals surface area contributed by atoms with Crippen LogP contribution in [0, 0.1) is 0 Å². The molecule has 1 fully saturated rings. The van der Waals surface area contributed by atoms with Gasteiger partial charge in [0.1, 0.15) is 18.2 Å². The summed E-state index contributed by atoms with van der Waals surface area (Å²) in [5.74, 6) is 1.50. The summed E-state index contributed by atoms with van der Waals surface area (Å²) in [4.78, 5) is 8.59. The molecule has 120 valence electrons. The van der Waals surface area contributed by atoms with Gasteiger partial charge in [-0.05, 0) is 43.4 Å². The normalized spacial score (nSPS) is 21.0. The molecular weight excluding hydrogens is 288 g/mol. The van der Waals surface area contributed by atoms with E-state index in [-0.39, 0.29) is 6.10 Å². The Morgan fingerprint density at radius 2 is 1.96 bits per heavy atom. The highest BCUT2D eigenvalue weighted by Crippen LogP contribution is 2.24. The standard InChI is InChI=1S/C18H22N4O/c1-2-5-14-9-15(8-13(14)4-1)22-17-10-18(21-12-20-17)23-16-6-3-7-19-11-16/h1-2,4-5,10,12,15-16,19H,3,6-9,11H2,(H,20,21,22). The fourth-order valence-electron chi connectivity index (χ4n) is 3.44. The number of hydrogen-bond donors (Lipinski definition) is 2. The second kappa shape index (κ2) is 6.54. The first-order valence-corrected chi connectivity index (χ1v) is 8.39. The Morgan fingerprint density at radius 3 is 2.70 bits per heavy atom. The Bertz CT molecular complexity index is 645. The molecule has 1 aliphatic heterocycles. The molecular formula is C18H22N4O. The number of benzene rings is 1. The zero-order valence-electron chi connectivity index (χ0n) is 13.2. The van der Waals surface area contributed by atoms with Crippen LogP contribution in [0.4, 0.5) is 5.82 Å². The third-order valence-electron chi connectivity index (χ3n) is 4.58. The van der Waals surface area contributed by atoms with Gasteiger partial charge in [-0.15, -0.1) is 0 Å². The van der Waals surface area contributed by atoms with Gasteiger partial charge < -0.3 is 15.4 Å². The van der Waals surface area contributed by atoms with Crippen LogP contribution < -0.4 is 15.4 Å². The number of piperidine rings is 1. The Kier molecular flexibility index (Phi) is 4.11. The van der Waals surface area contributed by atoms with Crippen molar-refractivity contribution in [2.75, 3.05) is 18.4 Å². The molecule has 5 heteroatoms. The van der Waals surface area contributed by atoms with Crippen molar-refractivity contribution in [1.29, 1.82) is 0 Å². The largest absolute Gasteiger partial charge is 0.473 e. The Hall–Kier alpha value is -2.14. The maximum Gasteiger partial charge on any atom is 0.218 e. The van der Waals surface area contributed by atoms with Crippen molar-refractivity contribution in [2.24, 2.45) is 0 Å². The van der Waals surface area contributed by atoms with Gasteiger partial charge in [-0.1, -0.05) is 24.3 Å². The first kappa shape index (κ1) is 14.5. The summed E-state index contributed by atoms with van der Waals surface area (Å²) in [6, 6.07) is 10.9. The molecule has 1 saturated heterocycles. The highest BCUT2D eigenvalue weighted by molar-refractivity contribution is 5.42. The van der Waals surface area contributed by atoms with Crippen LogP contribution in [0.1, 0.15) is 24.0 Å². The third-order valence-corrected chi connectivity index (χ3v) is 4.58. The van der Waals surface area contributed by atoms with Crippen LogP contribution in [0.15, 0.2) is 36.7 Å². The first-order valence-electron chi connectivity index (χ1n) is 8.39. The number of hydrogen-bond acceptors (Lipinski definition) is 5. The number of nitrogens with zero attached hydrogens (tertiary/aromatic N) is 2. The Labute approximate surface area is 136 Å². The number of rotatable bonds is 4. The summed E-state index contributed by atoms with van der Waals surface area (Å²) >= 11 is 0. The van der Waals surface area contributed by atoms with Crippen molar-refractivity contribution in [3.05, 3.63) is 47.8 Å². The van der Waals surface area contributed by atoms with Gasteiger partial charge in [-0.25, -0.2) is 9.97 Å². The van der Waals surface area contributed by atoms with Crippen molar-refractivity contribution in [2.45, 2.75) is 37.8 Å². The van der Waals surface area contributed by atoms with Gasteiger partial charge in [-0.3, -0.25) is 0 Å². The lowest BCUT2D eigenvalue weighted by Crippen LogP contribution is -2.37. The molecule has 1 atom stereocenters. The number of aromatic nitrogens is 2. The van der Waals surface area contributed by atoms with Crippen LogP contribution >= 0.6 is 0 Å². The maximum absolute atomic E-state index is 5.97. The highest BCUT2D eigenvalue weighted by Gasteiger charge is 2.21. The number of anilines is 1. The molecule has 23 heavy (non-hydrogen) atoms. The lowest BCUT2D eigenvalue weighted by Gasteiger charge is -2.23. The second-order valence-corrected chi connectivity index (χ2v) is 6.35. The molecule has 0 radical (unpaired) electrons. The van der Waals surface area contributed by atoms with Crippen molar-refractivity contribution >= 4 is 5.82 Å². The van der Waals surface area contributed by atoms with Gasteiger partial charge in [0.15, 0.2) is 0 Å². The van der Waals surface area contributed by atoms with Gasteiger partial charge >= 0.3 is 0 Å². The lowest BCUT2D eigenvalue weighted by molar-refractivity contribution is 0.160. The van der Waals surface area contributed by atoms with Crippen LogP contribution in [-0.4, -0.2) is 35.2 Å².